The zero-order valence-electron chi connectivity index (χ0n) is 9.04. The molecule has 2 aromatic rings. The van der Waals surface area contributed by atoms with Crippen molar-refractivity contribution in [3.63, 3.8) is 0 Å². The Labute approximate surface area is 101 Å². The van der Waals surface area contributed by atoms with Gasteiger partial charge < -0.3 is 10.5 Å². The number of rotatable bonds is 2. The van der Waals surface area contributed by atoms with Gasteiger partial charge in [0, 0.05) is 0 Å². The summed E-state index contributed by atoms with van der Waals surface area (Å²) in [6.45, 7) is 1.46. The van der Waals surface area contributed by atoms with Crippen molar-refractivity contribution in [1.29, 1.82) is 0 Å². The van der Waals surface area contributed by atoms with Crippen molar-refractivity contribution in [2.75, 3.05) is 0 Å². The van der Waals surface area contributed by atoms with Gasteiger partial charge in [-0.1, -0.05) is 0 Å². The predicted molar refractivity (Wildman–Crippen MR) is 63.7 cm³/mol. The van der Waals surface area contributed by atoms with E-state index in [0.29, 0.717) is 5.56 Å². The van der Waals surface area contributed by atoms with Gasteiger partial charge in [-0.25, -0.2) is 14.6 Å². The first-order valence-corrected chi connectivity index (χ1v) is 5.81. The molecule has 0 spiro atoms. The van der Waals surface area contributed by atoms with Gasteiger partial charge in [0.1, 0.15) is 6.04 Å². The highest BCUT2D eigenvalue weighted by Gasteiger charge is 2.16. The lowest BCUT2D eigenvalue weighted by atomic mass is 10.2. The maximum atomic E-state index is 11.6. The molecule has 0 aliphatic carbocycles. The topological polar surface area (TPSA) is 82.3 Å². The summed E-state index contributed by atoms with van der Waals surface area (Å²) in [4.78, 5) is 26.9. The minimum atomic E-state index is -0.814. The third kappa shape index (κ3) is 2.48. The van der Waals surface area contributed by atoms with Crippen molar-refractivity contribution in [2.24, 2.45) is 5.73 Å². The van der Waals surface area contributed by atoms with Crippen LogP contribution in [0.2, 0.25) is 0 Å². The molecule has 0 bridgehead atoms. The Kier molecular flexibility index (Phi) is 3.16. The maximum Gasteiger partial charge on any atom is 0.345 e. The van der Waals surface area contributed by atoms with Crippen LogP contribution in [-0.4, -0.2) is 23.0 Å². The van der Waals surface area contributed by atoms with Crippen LogP contribution in [0.25, 0.3) is 10.2 Å². The molecule has 1 atom stereocenters. The van der Waals surface area contributed by atoms with Crippen molar-refractivity contribution in [3.05, 3.63) is 29.3 Å². The molecule has 5 nitrogen and oxygen atoms in total. The van der Waals surface area contributed by atoms with E-state index in [0.717, 1.165) is 10.2 Å². The van der Waals surface area contributed by atoms with E-state index in [1.807, 2.05) is 0 Å². The highest BCUT2D eigenvalue weighted by atomic mass is 32.1. The van der Waals surface area contributed by atoms with Gasteiger partial charge in [0.05, 0.1) is 21.3 Å². The van der Waals surface area contributed by atoms with E-state index in [-0.39, 0.29) is 0 Å². The number of ether oxygens (including phenoxy) is 1. The smallest absolute Gasteiger partial charge is 0.345 e. The molecule has 0 radical (unpaired) electrons. The SMILES string of the molecule is CC(N)C(=O)OC(=O)c1ccc2ncsc2c1. The first-order valence-electron chi connectivity index (χ1n) is 4.93. The Morgan fingerprint density at radius 1 is 1.47 bits per heavy atom. The Morgan fingerprint density at radius 3 is 2.94 bits per heavy atom. The number of nitrogens with zero attached hydrogens (tertiary/aromatic N) is 1. The third-order valence-corrected chi connectivity index (χ3v) is 2.92. The molecule has 2 N–H and O–H groups in total. The van der Waals surface area contributed by atoms with E-state index in [2.05, 4.69) is 9.72 Å². The van der Waals surface area contributed by atoms with E-state index < -0.39 is 18.0 Å². The Balaban J connectivity index is 2.21. The van der Waals surface area contributed by atoms with Crippen LogP contribution in [-0.2, 0) is 9.53 Å². The average Bonchev–Trinajstić information content (AvgIpc) is 2.75. The zero-order valence-corrected chi connectivity index (χ0v) is 9.86. The van der Waals surface area contributed by atoms with Crippen LogP contribution >= 0.6 is 11.3 Å². The molecular weight excluding hydrogens is 240 g/mol. The van der Waals surface area contributed by atoms with Gasteiger partial charge in [0.2, 0.25) is 0 Å². The fourth-order valence-electron chi connectivity index (χ4n) is 1.23. The molecule has 2 rings (SSSR count). The maximum absolute atomic E-state index is 11.6. The number of benzene rings is 1. The Morgan fingerprint density at radius 2 is 2.24 bits per heavy atom. The standard InChI is InChI=1S/C11H10N2O3S/c1-6(12)10(14)16-11(15)7-2-3-8-9(4-7)17-5-13-8/h2-6H,12H2,1H3. The normalized spacial score (nSPS) is 12.4. The third-order valence-electron chi connectivity index (χ3n) is 2.13. The number of fused-ring (bicyclic) bond motifs is 1. The second kappa shape index (κ2) is 4.60. The average molecular weight is 250 g/mol. The van der Waals surface area contributed by atoms with Crippen molar-refractivity contribution in [1.82, 2.24) is 4.98 Å². The number of carbonyl (C=O) groups excluding carboxylic acids is 2. The van der Waals surface area contributed by atoms with Gasteiger partial charge in [-0.15, -0.1) is 11.3 Å². The fraction of sp³-hybridized carbons (Fsp3) is 0.182. The zero-order chi connectivity index (χ0) is 12.4. The lowest BCUT2D eigenvalue weighted by Crippen LogP contribution is -2.30. The Hall–Kier alpha value is -1.79. The van der Waals surface area contributed by atoms with Crippen LogP contribution in [0.4, 0.5) is 0 Å². The highest BCUT2D eigenvalue weighted by Crippen LogP contribution is 2.19. The minimum absolute atomic E-state index is 0.316. The van der Waals surface area contributed by atoms with Gasteiger partial charge in [-0.2, -0.15) is 0 Å². The number of carbonyl (C=O) groups is 2. The first-order chi connectivity index (χ1) is 8.08. The molecule has 1 unspecified atom stereocenters. The van der Waals surface area contributed by atoms with Crippen LogP contribution in [0.15, 0.2) is 23.7 Å². The van der Waals surface area contributed by atoms with Crippen LogP contribution < -0.4 is 5.73 Å². The number of aromatic nitrogens is 1. The predicted octanol–water partition coefficient (Wildman–Crippen LogP) is 1.33. The molecular formula is C11H10N2O3S. The van der Waals surface area contributed by atoms with Crippen LogP contribution in [0.1, 0.15) is 17.3 Å². The van der Waals surface area contributed by atoms with E-state index in [1.54, 1.807) is 23.7 Å². The van der Waals surface area contributed by atoms with Crippen LogP contribution in [0, 0.1) is 0 Å². The van der Waals surface area contributed by atoms with Crippen molar-refractivity contribution >= 4 is 33.5 Å². The summed E-state index contributed by atoms with van der Waals surface area (Å²) in [6.07, 6.45) is 0. The molecule has 0 aliphatic rings. The summed E-state index contributed by atoms with van der Waals surface area (Å²) in [5.74, 6) is -1.43. The summed E-state index contributed by atoms with van der Waals surface area (Å²) in [7, 11) is 0. The summed E-state index contributed by atoms with van der Waals surface area (Å²) in [5.41, 5.74) is 8.11. The molecule has 1 heterocycles. The molecule has 0 aliphatic heterocycles. The molecule has 0 saturated heterocycles. The van der Waals surface area contributed by atoms with E-state index in [4.69, 9.17) is 5.73 Å². The van der Waals surface area contributed by atoms with Crippen LogP contribution in [0.3, 0.4) is 0 Å². The minimum Gasteiger partial charge on any atom is -0.388 e. The largest absolute Gasteiger partial charge is 0.388 e. The monoisotopic (exact) mass is 250 g/mol. The summed E-state index contributed by atoms with van der Waals surface area (Å²) >= 11 is 1.42. The van der Waals surface area contributed by atoms with Crippen molar-refractivity contribution < 1.29 is 14.3 Å². The lowest BCUT2D eigenvalue weighted by Gasteiger charge is -2.04. The molecule has 1 aromatic carbocycles. The van der Waals surface area contributed by atoms with Crippen molar-refractivity contribution in [3.8, 4) is 0 Å². The number of esters is 2. The van der Waals surface area contributed by atoms with Crippen molar-refractivity contribution in [2.45, 2.75) is 13.0 Å². The lowest BCUT2D eigenvalue weighted by molar-refractivity contribution is -0.139. The molecule has 0 amide bonds. The molecule has 6 heteroatoms. The number of nitrogens with two attached hydrogens (primary N) is 1. The van der Waals surface area contributed by atoms with E-state index in [9.17, 15) is 9.59 Å². The number of hydrogen-bond acceptors (Lipinski definition) is 6. The summed E-state index contributed by atoms with van der Waals surface area (Å²) in [6, 6.07) is 4.10. The molecule has 0 fully saturated rings. The van der Waals surface area contributed by atoms with Gasteiger partial charge in [-0.3, -0.25) is 0 Å². The van der Waals surface area contributed by atoms with E-state index in [1.165, 1.54) is 18.3 Å². The Bertz CT molecular complexity index is 577. The molecule has 1 aromatic heterocycles. The van der Waals surface area contributed by atoms with Gasteiger partial charge in [0.15, 0.2) is 0 Å². The highest BCUT2D eigenvalue weighted by molar-refractivity contribution is 7.16. The number of hydrogen-bond donors (Lipinski definition) is 1. The molecule has 17 heavy (non-hydrogen) atoms. The van der Waals surface area contributed by atoms with Gasteiger partial charge in [0.25, 0.3) is 0 Å². The fourth-order valence-corrected chi connectivity index (χ4v) is 1.94. The van der Waals surface area contributed by atoms with Gasteiger partial charge >= 0.3 is 11.9 Å². The second-order valence-corrected chi connectivity index (χ2v) is 4.42. The quantitative estimate of drug-likeness (QED) is 0.642. The van der Waals surface area contributed by atoms with E-state index >= 15 is 0 Å². The first kappa shape index (κ1) is 11.7. The summed E-state index contributed by atoms with van der Waals surface area (Å²) < 4.78 is 5.47. The molecule has 0 saturated carbocycles. The summed E-state index contributed by atoms with van der Waals surface area (Å²) in [5, 5.41) is 0. The molecule has 88 valence electrons. The number of thiazole rings is 1. The second-order valence-electron chi connectivity index (χ2n) is 3.53. The van der Waals surface area contributed by atoms with Gasteiger partial charge in [-0.05, 0) is 25.1 Å². The van der Waals surface area contributed by atoms with Crippen LogP contribution in [0.5, 0.6) is 0 Å².